The van der Waals surface area contributed by atoms with E-state index >= 15 is 0 Å². The van der Waals surface area contributed by atoms with E-state index in [4.69, 9.17) is 5.11 Å². The van der Waals surface area contributed by atoms with E-state index in [0.29, 0.717) is 6.54 Å². The van der Waals surface area contributed by atoms with Crippen molar-refractivity contribution in [2.45, 2.75) is 13.5 Å². The van der Waals surface area contributed by atoms with E-state index < -0.39 is 0 Å². The SMILES string of the molecule is CC=Cn1cc[n+](CCO)c1.[Br-]. The van der Waals surface area contributed by atoms with Crippen LogP contribution in [0.1, 0.15) is 6.92 Å². The highest BCUT2D eigenvalue weighted by Crippen LogP contribution is 1.84. The maximum atomic E-state index is 8.61. The van der Waals surface area contributed by atoms with Crippen LogP contribution in [0.2, 0.25) is 0 Å². The van der Waals surface area contributed by atoms with Crippen LogP contribution in [0.15, 0.2) is 24.8 Å². The Morgan fingerprint density at radius 3 is 2.92 bits per heavy atom. The van der Waals surface area contributed by atoms with Gasteiger partial charge in [0.15, 0.2) is 0 Å². The van der Waals surface area contributed by atoms with Crippen molar-refractivity contribution in [1.29, 1.82) is 0 Å². The lowest BCUT2D eigenvalue weighted by molar-refractivity contribution is -0.697. The van der Waals surface area contributed by atoms with Gasteiger partial charge < -0.3 is 22.1 Å². The van der Waals surface area contributed by atoms with Gasteiger partial charge in [0, 0.05) is 0 Å². The molecule has 3 nitrogen and oxygen atoms in total. The summed E-state index contributed by atoms with van der Waals surface area (Å²) in [5.41, 5.74) is 0. The third kappa shape index (κ3) is 3.19. The lowest BCUT2D eigenvalue weighted by Gasteiger charge is -1.87. The Hall–Kier alpha value is -0.610. The molecule has 0 spiro atoms. The van der Waals surface area contributed by atoms with Crippen molar-refractivity contribution in [3.63, 3.8) is 0 Å². The van der Waals surface area contributed by atoms with E-state index in [-0.39, 0.29) is 23.6 Å². The van der Waals surface area contributed by atoms with Gasteiger partial charge in [-0.2, -0.15) is 0 Å². The van der Waals surface area contributed by atoms with Crippen LogP contribution in [0.5, 0.6) is 0 Å². The van der Waals surface area contributed by atoms with Crippen molar-refractivity contribution in [3.05, 3.63) is 24.8 Å². The fraction of sp³-hybridized carbons (Fsp3) is 0.375. The zero-order chi connectivity index (χ0) is 8.10. The largest absolute Gasteiger partial charge is 1.00 e. The van der Waals surface area contributed by atoms with Crippen LogP contribution in [-0.4, -0.2) is 16.3 Å². The minimum Gasteiger partial charge on any atom is -1.00 e. The fourth-order valence-electron chi connectivity index (χ4n) is 0.919. The quantitative estimate of drug-likeness (QED) is 0.564. The molecule has 0 fully saturated rings. The van der Waals surface area contributed by atoms with Crippen LogP contribution in [-0.2, 0) is 6.54 Å². The zero-order valence-corrected chi connectivity index (χ0v) is 8.61. The molecule has 1 heterocycles. The molecule has 1 aromatic heterocycles. The Kier molecular flexibility index (Phi) is 5.66. The summed E-state index contributed by atoms with van der Waals surface area (Å²) in [7, 11) is 0. The van der Waals surface area contributed by atoms with Gasteiger partial charge in [-0.05, 0) is 13.0 Å². The molecule has 0 aliphatic rings. The smallest absolute Gasteiger partial charge is 0.248 e. The number of imidazole rings is 1. The van der Waals surface area contributed by atoms with Gasteiger partial charge in [-0.15, -0.1) is 0 Å². The maximum Gasteiger partial charge on any atom is 0.248 e. The molecule has 1 rings (SSSR count). The van der Waals surface area contributed by atoms with Crippen LogP contribution in [0, 0.1) is 0 Å². The summed E-state index contributed by atoms with van der Waals surface area (Å²) in [6.07, 6.45) is 9.71. The summed E-state index contributed by atoms with van der Waals surface area (Å²) >= 11 is 0. The predicted octanol–water partition coefficient (Wildman–Crippen LogP) is -2.74. The molecule has 0 aliphatic carbocycles. The van der Waals surface area contributed by atoms with E-state index in [1.165, 1.54) is 0 Å². The Bertz CT molecular complexity index is 245. The van der Waals surface area contributed by atoms with Crippen LogP contribution in [0.4, 0.5) is 0 Å². The van der Waals surface area contributed by atoms with Gasteiger partial charge in [-0.25, -0.2) is 9.13 Å². The second kappa shape index (κ2) is 5.97. The van der Waals surface area contributed by atoms with Crippen LogP contribution in [0.3, 0.4) is 0 Å². The second-order valence-electron chi connectivity index (χ2n) is 2.30. The molecule has 1 aromatic rings. The minimum absolute atomic E-state index is 0. The zero-order valence-electron chi connectivity index (χ0n) is 7.02. The molecule has 0 unspecified atom stereocenters. The van der Waals surface area contributed by atoms with E-state index in [1.54, 1.807) is 0 Å². The number of hydrogen-bond donors (Lipinski definition) is 1. The van der Waals surface area contributed by atoms with E-state index in [2.05, 4.69) is 0 Å². The highest BCUT2D eigenvalue weighted by Gasteiger charge is 1.97. The fourth-order valence-corrected chi connectivity index (χ4v) is 0.919. The van der Waals surface area contributed by atoms with Gasteiger partial charge in [0.05, 0.1) is 12.8 Å². The second-order valence-corrected chi connectivity index (χ2v) is 2.30. The van der Waals surface area contributed by atoms with Gasteiger partial charge in [0.2, 0.25) is 6.33 Å². The Balaban J connectivity index is 0.00000121. The van der Waals surface area contributed by atoms with Gasteiger partial charge in [-0.3, -0.25) is 0 Å². The molecule has 0 aliphatic heterocycles. The summed E-state index contributed by atoms with van der Waals surface area (Å²) in [5.74, 6) is 0. The van der Waals surface area contributed by atoms with Crippen LogP contribution < -0.4 is 21.5 Å². The molecule has 12 heavy (non-hydrogen) atoms. The van der Waals surface area contributed by atoms with Crippen molar-refractivity contribution in [3.8, 4) is 0 Å². The molecule has 0 atom stereocenters. The minimum atomic E-state index is 0. The third-order valence-corrected chi connectivity index (χ3v) is 1.39. The molecule has 0 aromatic carbocycles. The van der Waals surface area contributed by atoms with Gasteiger partial charge in [0.25, 0.3) is 0 Å². The summed E-state index contributed by atoms with van der Waals surface area (Å²) in [6.45, 7) is 2.81. The maximum absolute atomic E-state index is 8.61. The molecule has 4 heteroatoms. The predicted molar refractivity (Wildman–Crippen MR) is 42.7 cm³/mol. The third-order valence-electron chi connectivity index (χ3n) is 1.39. The van der Waals surface area contributed by atoms with E-state index in [9.17, 15) is 0 Å². The normalized spacial score (nSPS) is 10.2. The summed E-state index contributed by atoms with van der Waals surface area (Å²) in [6, 6.07) is 0. The first-order valence-corrected chi connectivity index (χ1v) is 3.67. The highest BCUT2D eigenvalue weighted by atomic mass is 79.9. The van der Waals surface area contributed by atoms with Crippen molar-refractivity contribution in [2.24, 2.45) is 0 Å². The van der Waals surface area contributed by atoms with Crippen molar-refractivity contribution in [1.82, 2.24) is 4.57 Å². The molecule has 0 bridgehead atoms. The average molecular weight is 233 g/mol. The standard InChI is InChI=1S/C8H13N2O.BrH/c1-2-3-9-4-5-10(8-9)6-7-11;/h2-5,8,11H,6-7H2,1H3;1H/q+1;/p-1. The Labute approximate surface area is 82.7 Å². The number of aliphatic hydroxyl groups excluding tert-OH is 1. The van der Waals surface area contributed by atoms with Gasteiger partial charge in [-0.1, -0.05) is 0 Å². The average Bonchev–Trinajstić information content (AvgIpc) is 2.38. The molecule has 0 saturated heterocycles. The topological polar surface area (TPSA) is 29.0 Å². The number of halogens is 1. The van der Waals surface area contributed by atoms with Crippen LogP contribution in [0.25, 0.3) is 6.20 Å². The summed E-state index contributed by atoms with van der Waals surface area (Å²) < 4.78 is 3.87. The Morgan fingerprint density at radius 2 is 2.33 bits per heavy atom. The first-order valence-electron chi connectivity index (χ1n) is 3.67. The lowest BCUT2D eigenvalue weighted by Crippen LogP contribution is -3.00. The van der Waals surface area contributed by atoms with Crippen molar-refractivity contribution < 1.29 is 26.7 Å². The van der Waals surface area contributed by atoms with Crippen LogP contribution >= 0.6 is 0 Å². The first kappa shape index (κ1) is 11.4. The number of aliphatic hydroxyl groups is 1. The number of aromatic nitrogens is 2. The number of rotatable bonds is 3. The van der Waals surface area contributed by atoms with Gasteiger partial charge in [0.1, 0.15) is 18.9 Å². The van der Waals surface area contributed by atoms with E-state index in [1.807, 2.05) is 47.1 Å². The van der Waals surface area contributed by atoms with Gasteiger partial charge >= 0.3 is 0 Å². The summed E-state index contributed by atoms with van der Waals surface area (Å²) in [4.78, 5) is 0. The first-order chi connectivity index (χ1) is 5.36. The number of hydrogen-bond acceptors (Lipinski definition) is 1. The molecule has 0 radical (unpaired) electrons. The molecule has 1 N–H and O–H groups in total. The highest BCUT2D eigenvalue weighted by molar-refractivity contribution is 5.18. The summed E-state index contributed by atoms with van der Waals surface area (Å²) in [5, 5.41) is 8.61. The molecule has 68 valence electrons. The molecular weight excluding hydrogens is 220 g/mol. The lowest BCUT2D eigenvalue weighted by atomic mass is 10.7. The number of allylic oxidation sites excluding steroid dienone is 1. The van der Waals surface area contributed by atoms with Crippen molar-refractivity contribution >= 4 is 6.20 Å². The molecular formula is C8H13BrN2O. The Morgan fingerprint density at radius 1 is 1.58 bits per heavy atom. The molecule has 0 amide bonds. The van der Waals surface area contributed by atoms with Crippen molar-refractivity contribution in [2.75, 3.05) is 6.61 Å². The monoisotopic (exact) mass is 232 g/mol. The molecule has 0 saturated carbocycles. The van der Waals surface area contributed by atoms with E-state index in [0.717, 1.165) is 0 Å². The number of nitrogens with zero attached hydrogens (tertiary/aromatic N) is 2.